The average molecular weight is 510 g/mol. The molecule has 0 aliphatic heterocycles. The Balaban J connectivity index is 2.51. The summed E-state index contributed by atoms with van der Waals surface area (Å²) in [4.78, 5) is 40.7. The predicted molar refractivity (Wildman–Crippen MR) is 146 cm³/mol. The fraction of sp³-hybridized carbons (Fsp3) is 0.393. The zero-order valence-electron chi connectivity index (χ0n) is 21.9. The Morgan fingerprint density at radius 2 is 1.58 bits per heavy atom. The number of nitrogens with one attached hydrogen (secondary N) is 2. The Labute approximate surface area is 219 Å². The van der Waals surface area contributed by atoms with Gasteiger partial charge in [-0.1, -0.05) is 42.8 Å². The molecule has 2 aromatic carbocycles. The van der Waals surface area contributed by atoms with E-state index in [1.165, 1.54) is 0 Å². The van der Waals surface area contributed by atoms with Crippen LogP contribution in [0.15, 0.2) is 36.4 Å². The fourth-order valence-electron chi connectivity index (χ4n) is 3.74. The van der Waals surface area contributed by atoms with Gasteiger partial charge in [-0.05, 0) is 76.3 Å². The Morgan fingerprint density at radius 3 is 2.11 bits per heavy atom. The molecule has 0 aliphatic rings. The molecule has 0 aliphatic carbocycles. The highest BCUT2D eigenvalue weighted by molar-refractivity contribution is 7.80. The summed E-state index contributed by atoms with van der Waals surface area (Å²) in [5.74, 6) is -1.17. The van der Waals surface area contributed by atoms with E-state index in [9.17, 15) is 14.4 Å². The molecule has 2 aromatic rings. The van der Waals surface area contributed by atoms with E-state index in [4.69, 9.17) is 11.2 Å². The van der Waals surface area contributed by atoms with Gasteiger partial charge in [0.05, 0.1) is 0 Å². The molecule has 2 N–H and O–H groups in total. The molecule has 0 aromatic heterocycles. The van der Waals surface area contributed by atoms with E-state index in [1.807, 2.05) is 58.0 Å². The van der Waals surface area contributed by atoms with E-state index in [1.54, 1.807) is 26.8 Å². The van der Waals surface area contributed by atoms with Crippen LogP contribution in [0.2, 0.25) is 0 Å². The van der Waals surface area contributed by atoms with Crippen molar-refractivity contribution in [1.82, 2.24) is 10.2 Å². The van der Waals surface area contributed by atoms with Crippen LogP contribution in [0.25, 0.3) is 0 Å². The molecule has 0 fully saturated rings. The highest BCUT2D eigenvalue weighted by atomic mass is 32.1. The van der Waals surface area contributed by atoms with Crippen molar-refractivity contribution in [3.8, 4) is 12.5 Å². The second kappa shape index (κ2) is 12.0. The maximum absolute atomic E-state index is 13.8. The molecule has 2 rings (SSSR count). The van der Waals surface area contributed by atoms with Crippen LogP contribution in [0.4, 0.5) is 10.5 Å². The lowest BCUT2D eigenvalue weighted by molar-refractivity contribution is -0.136. The van der Waals surface area contributed by atoms with Crippen LogP contribution in [0.1, 0.15) is 54.6 Å². The first-order valence-electron chi connectivity index (χ1n) is 11.6. The van der Waals surface area contributed by atoms with E-state index < -0.39 is 35.6 Å². The topological polar surface area (TPSA) is 87.7 Å². The molecule has 36 heavy (non-hydrogen) atoms. The SMILES string of the molecule is C#CN(C(=O)C(CS)NC(=O)OC(C)(C)C)C(C(=O)Nc1c(C)cccc1C)c1cccc(C)c1C. The van der Waals surface area contributed by atoms with Gasteiger partial charge in [0.1, 0.15) is 17.7 Å². The number of thiol groups is 1. The lowest BCUT2D eigenvalue weighted by atomic mass is 9.95. The van der Waals surface area contributed by atoms with Crippen LogP contribution in [-0.4, -0.2) is 40.2 Å². The van der Waals surface area contributed by atoms with E-state index in [0.717, 1.165) is 27.2 Å². The van der Waals surface area contributed by atoms with E-state index >= 15 is 0 Å². The molecule has 0 saturated carbocycles. The highest BCUT2D eigenvalue weighted by Gasteiger charge is 2.36. The Morgan fingerprint density at radius 1 is 1.03 bits per heavy atom. The van der Waals surface area contributed by atoms with Gasteiger partial charge in [0.15, 0.2) is 0 Å². The number of nitrogens with zero attached hydrogens (tertiary/aromatic N) is 1. The number of amides is 3. The van der Waals surface area contributed by atoms with Crippen molar-refractivity contribution in [2.24, 2.45) is 0 Å². The molecule has 7 nitrogen and oxygen atoms in total. The first kappa shape index (κ1) is 28.8. The smallest absolute Gasteiger partial charge is 0.408 e. The van der Waals surface area contributed by atoms with E-state index in [-0.39, 0.29) is 5.75 Å². The van der Waals surface area contributed by atoms with E-state index in [2.05, 4.69) is 29.3 Å². The molecule has 0 spiro atoms. The fourth-order valence-corrected chi connectivity index (χ4v) is 3.99. The average Bonchev–Trinajstić information content (AvgIpc) is 2.78. The second-order valence-electron chi connectivity index (χ2n) is 9.67. The molecule has 0 saturated heterocycles. The molecule has 3 amide bonds. The number of anilines is 1. The van der Waals surface area contributed by atoms with Gasteiger partial charge >= 0.3 is 6.09 Å². The van der Waals surface area contributed by atoms with Gasteiger partial charge in [-0.3, -0.25) is 14.5 Å². The quantitative estimate of drug-likeness (QED) is 0.283. The zero-order chi connectivity index (χ0) is 27.2. The molecule has 0 heterocycles. The second-order valence-corrected chi connectivity index (χ2v) is 10.0. The Kier molecular flexibility index (Phi) is 9.60. The van der Waals surface area contributed by atoms with Crippen molar-refractivity contribution >= 4 is 36.2 Å². The summed E-state index contributed by atoms with van der Waals surface area (Å²) >= 11 is 4.24. The summed E-state index contributed by atoms with van der Waals surface area (Å²) < 4.78 is 5.28. The summed E-state index contributed by atoms with van der Waals surface area (Å²) in [6, 6.07) is 11.3. The van der Waals surface area contributed by atoms with E-state index in [0.29, 0.717) is 11.3 Å². The van der Waals surface area contributed by atoms with Crippen LogP contribution in [0.3, 0.4) is 0 Å². The van der Waals surface area contributed by atoms with Crippen molar-refractivity contribution < 1.29 is 19.1 Å². The number of ether oxygens (including phenoxy) is 1. The van der Waals surface area contributed by atoms with Crippen LogP contribution < -0.4 is 10.6 Å². The lowest BCUT2D eigenvalue weighted by Crippen LogP contribution is -2.51. The van der Waals surface area contributed by atoms with Crippen molar-refractivity contribution in [3.63, 3.8) is 0 Å². The summed E-state index contributed by atoms with van der Waals surface area (Å²) in [7, 11) is 0. The molecule has 0 radical (unpaired) electrons. The molecule has 0 bridgehead atoms. The van der Waals surface area contributed by atoms with Gasteiger partial charge in [0, 0.05) is 17.5 Å². The monoisotopic (exact) mass is 509 g/mol. The molecule has 8 heteroatoms. The normalized spacial score (nSPS) is 12.6. The number of para-hydroxylation sites is 1. The first-order chi connectivity index (χ1) is 16.8. The number of alkyl carbamates (subject to hydrolysis) is 1. The van der Waals surface area contributed by atoms with Gasteiger partial charge < -0.3 is 15.4 Å². The van der Waals surface area contributed by atoms with Gasteiger partial charge in [-0.15, -0.1) is 0 Å². The summed E-state index contributed by atoms with van der Waals surface area (Å²) in [6.07, 6.45) is 5.04. The summed E-state index contributed by atoms with van der Waals surface area (Å²) in [6.45, 7) is 12.7. The first-order valence-corrected chi connectivity index (χ1v) is 12.3. The number of terminal acetylenes is 1. The van der Waals surface area contributed by atoms with Crippen molar-refractivity contribution in [1.29, 1.82) is 0 Å². The lowest BCUT2D eigenvalue weighted by Gasteiger charge is -2.31. The number of rotatable bonds is 7. The van der Waals surface area contributed by atoms with Crippen LogP contribution >= 0.6 is 12.6 Å². The van der Waals surface area contributed by atoms with Crippen LogP contribution in [0, 0.1) is 40.2 Å². The number of carbonyl (C=O) groups excluding carboxylic acids is 3. The molecule has 2 unspecified atom stereocenters. The number of hydrogen-bond donors (Lipinski definition) is 3. The van der Waals surface area contributed by atoms with Gasteiger partial charge in [-0.25, -0.2) is 4.79 Å². The predicted octanol–water partition coefficient (Wildman–Crippen LogP) is 4.84. The molecular weight excluding hydrogens is 474 g/mol. The Bertz CT molecular complexity index is 1160. The third-order valence-corrected chi connectivity index (χ3v) is 6.09. The zero-order valence-corrected chi connectivity index (χ0v) is 22.8. The maximum Gasteiger partial charge on any atom is 0.408 e. The van der Waals surface area contributed by atoms with Crippen molar-refractivity contribution in [2.75, 3.05) is 11.1 Å². The third kappa shape index (κ3) is 7.05. The van der Waals surface area contributed by atoms with Gasteiger partial charge in [0.2, 0.25) is 0 Å². The molecule has 2 atom stereocenters. The van der Waals surface area contributed by atoms with Crippen molar-refractivity contribution in [3.05, 3.63) is 64.2 Å². The minimum atomic E-state index is -1.15. The van der Waals surface area contributed by atoms with Gasteiger partial charge in [-0.2, -0.15) is 12.6 Å². The van der Waals surface area contributed by atoms with Gasteiger partial charge in [0.25, 0.3) is 11.8 Å². The minimum absolute atomic E-state index is 0.0473. The Hall–Kier alpha value is -3.44. The van der Waals surface area contributed by atoms with Crippen LogP contribution in [-0.2, 0) is 14.3 Å². The minimum Gasteiger partial charge on any atom is -0.444 e. The third-order valence-electron chi connectivity index (χ3n) is 5.73. The summed E-state index contributed by atoms with van der Waals surface area (Å²) in [5, 5.41) is 5.48. The largest absolute Gasteiger partial charge is 0.444 e. The number of hydrogen-bond acceptors (Lipinski definition) is 5. The van der Waals surface area contributed by atoms with Crippen molar-refractivity contribution in [2.45, 2.75) is 66.2 Å². The maximum atomic E-state index is 13.8. The standard InChI is InChI=1S/C28H35N3O4S/c1-9-31(26(33)22(16-36)29-27(34)35-28(6,7)8)24(21-15-11-12-17(2)20(21)5)25(32)30-23-18(3)13-10-14-19(23)4/h1,10-15,22,24,36H,16H2,2-8H3,(H,29,34)(H,30,32). The number of aryl methyl sites for hydroxylation is 3. The van der Waals surface area contributed by atoms with Crippen LogP contribution in [0.5, 0.6) is 0 Å². The molecular formula is C28H35N3O4S. The highest BCUT2D eigenvalue weighted by Crippen LogP contribution is 2.29. The number of benzene rings is 2. The number of carbonyl (C=O) groups is 3. The molecule has 192 valence electrons. The summed E-state index contributed by atoms with van der Waals surface area (Å²) in [5.41, 5.74) is 4.00.